The highest BCUT2D eigenvalue weighted by atomic mass is 16.1. The van der Waals surface area contributed by atoms with Crippen LogP contribution in [0.3, 0.4) is 0 Å². The Morgan fingerprint density at radius 1 is 1.13 bits per heavy atom. The van der Waals surface area contributed by atoms with Crippen LogP contribution in [0.25, 0.3) is 10.9 Å². The Morgan fingerprint density at radius 3 is 2.83 bits per heavy atom. The van der Waals surface area contributed by atoms with Gasteiger partial charge < -0.3 is 9.88 Å². The number of anilines is 1. The Bertz CT molecular complexity index is 878. The van der Waals surface area contributed by atoms with Crippen LogP contribution in [0.15, 0.2) is 48.5 Å². The number of aromatic amines is 1. The van der Waals surface area contributed by atoms with E-state index in [2.05, 4.69) is 34.1 Å². The molecule has 1 aromatic heterocycles. The Hall–Kier alpha value is -2.55. The van der Waals surface area contributed by atoms with Crippen molar-refractivity contribution in [1.82, 2.24) is 4.98 Å². The number of ketones is 1. The summed E-state index contributed by atoms with van der Waals surface area (Å²) in [5.41, 5.74) is 5.39. The Morgan fingerprint density at radius 2 is 1.91 bits per heavy atom. The maximum absolute atomic E-state index is 13.0. The molecule has 1 N–H and O–H groups in total. The molecular weight excluding hydrogens is 284 g/mol. The largest absolute Gasteiger partial charge is 0.364 e. The summed E-state index contributed by atoms with van der Waals surface area (Å²) >= 11 is 0. The van der Waals surface area contributed by atoms with E-state index in [1.807, 2.05) is 31.2 Å². The van der Waals surface area contributed by atoms with Gasteiger partial charge in [-0.3, -0.25) is 4.79 Å². The fraction of sp³-hybridized carbons (Fsp3) is 0.250. The fourth-order valence-electron chi connectivity index (χ4n) is 3.66. The minimum absolute atomic E-state index is 0.191. The molecule has 0 fully saturated rings. The number of benzene rings is 2. The molecule has 2 aromatic carbocycles. The third kappa shape index (κ3) is 2.42. The summed E-state index contributed by atoms with van der Waals surface area (Å²) in [5, 5.41) is 1.03. The predicted octanol–water partition coefficient (Wildman–Crippen LogP) is 4.11. The molecule has 3 heteroatoms. The van der Waals surface area contributed by atoms with Crippen molar-refractivity contribution in [3.8, 4) is 0 Å². The molecule has 0 unspecified atom stereocenters. The molecule has 0 saturated heterocycles. The number of para-hydroxylation sites is 2. The summed E-state index contributed by atoms with van der Waals surface area (Å²) in [6, 6.07) is 16.5. The first kappa shape index (κ1) is 14.1. The molecule has 1 aliphatic heterocycles. The van der Waals surface area contributed by atoms with Crippen molar-refractivity contribution in [1.29, 1.82) is 0 Å². The van der Waals surface area contributed by atoms with Crippen LogP contribution in [-0.4, -0.2) is 23.9 Å². The van der Waals surface area contributed by atoms with E-state index >= 15 is 0 Å². The van der Waals surface area contributed by atoms with Gasteiger partial charge in [0.2, 0.25) is 0 Å². The van der Waals surface area contributed by atoms with Crippen LogP contribution in [0, 0.1) is 6.92 Å². The second-order valence-electron chi connectivity index (χ2n) is 6.25. The van der Waals surface area contributed by atoms with Gasteiger partial charge in [-0.1, -0.05) is 36.4 Å². The van der Waals surface area contributed by atoms with Gasteiger partial charge in [-0.2, -0.15) is 0 Å². The molecule has 0 spiro atoms. The molecule has 23 heavy (non-hydrogen) atoms. The molecule has 0 aliphatic carbocycles. The van der Waals surface area contributed by atoms with E-state index in [0.717, 1.165) is 41.5 Å². The maximum atomic E-state index is 13.0. The van der Waals surface area contributed by atoms with Crippen molar-refractivity contribution < 1.29 is 4.79 Å². The number of carbonyl (C=O) groups is 1. The summed E-state index contributed by atoms with van der Waals surface area (Å²) < 4.78 is 0. The number of Topliss-reactive ketones (excluding diaryl/α,β-unsaturated/α-hetero) is 1. The van der Waals surface area contributed by atoms with Crippen molar-refractivity contribution in [2.45, 2.75) is 19.8 Å². The van der Waals surface area contributed by atoms with Gasteiger partial charge in [0, 0.05) is 34.4 Å². The average molecular weight is 304 g/mol. The first-order valence-corrected chi connectivity index (χ1v) is 8.17. The van der Waals surface area contributed by atoms with Crippen LogP contribution in [0.2, 0.25) is 0 Å². The van der Waals surface area contributed by atoms with Gasteiger partial charge in [-0.25, -0.2) is 0 Å². The zero-order valence-corrected chi connectivity index (χ0v) is 13.3. The summed E-state index contributed by atoms with van der Waals surface area (Å²) in [6.07, 6.45) is 2.21. The molecule has 0 atom stereocenters. The number of fused-ring (bicyclic) bond motifs is 2. The van der Waals surface area contributed by atoms with E-state index in [1.165, 1.54) is 11.3 Å². The fourth-order valence-corrected chi connectivity index (χ4v) is 3.66. The molecule has 0 saturated carbocycles. The number of hydrogen-bond donors (Lipinski definition) is 1. The summed E-state index contributed by atoms with van der Waals surface area (Å²) in [5.74, 6) is 0.191. The van der Waals surface area contributed by atoms with Gasteiger partial charge >= 0.3 is 0 Å². The summed E-state index contributed by atoms with van der Waals surface area (Å²) in [7, 11) is 0. The Balaban J connectivity index is 1.67. The number of aryl methyl sites for hydroxylation is 2. The van der Waals surface area contributed by atoms with Crippen molar-refractivity contribution >= 4 is 22.4 Å². The lowest BCUT2D eigenvalue weighted by Gasteiger charge is -2.30. The molecule has 0 amide bonds. The van der Waals surface area contributed by atoms with Crippen molar-refractivity contribution in [3.63, 3.8) is 0 Å². The first-order chi connectivity index (χ1) is 11.2. The first-order valence-electron chi connectivity index (χ1n) is 8.17. The van der Waals surface area contributed by atoms with Crippen molar-refractivity contribution in [2.24, 2.45) is 0 Å². The summed E-state index contributed by atoms with van der Waals surface area (Å²) in [4.78, 5) is 18.5. The number of aromatic nitrogens is 1. The van der Waals surface area contributed by atoms with E-state index in [0.29, 0.717) is 6.54 Å². The number of H-pyrrole nitrogens is 1. The zero-order chi connectivity index (χ0) is 15.8. The van der Waals surface area contributed by atoms with E-state index in [4.69, 9.17) is 0 Å². The Labute approximate surface area is 135 Å². The molecule has 0 bridgehead atoms. The highest BCUT2D eigenvalue weighted by Crippen LogP contribution is 2.28. The van der Waals surface area contributed by atoms with E-state index < -0.39 is 0 Å². The highest BCUT2D eigenvalue weighted by Gasteiger charge is 2.22. The van der Waals surface area contributed by atoms with Crippen LogP contribution in [0.5, 0.6) is 0 Å². The third-order valence-electron chi connectivity index (χ3n) is 4.71. The van der Waals surface area contributed by atoms with Gasteiger partial charge in [0.1, 0.15) is 0 Å². The average Bonchev–Trinajstić information content (AvgIpc) is 2.91. The van der Waals surface area contributed by atoms with Crippen molar-refractivity contribution in [2.75, 3.05) is 18.0 Å². The molecule has 4 rings (SSSR count). The van der Waals surface area contributed by atoms with Crippen LogP contribution in [0.4, 0.5) is 5.69 Å². The molecule has 1 aliphatic rings. The SMILES string of the molecule is Cc1[nH]c2ccccc2c1C(=O)CN1CCCc2ccccc21. The normalized spacial score (nSPS) is 14.0. The topological polar surface area (TPSA) is 36.1 Å². The molecular formula is C20H20N2O. The van der Waals surface area contributed by atoms with E-state index in [-0.39, 0.29) is 5.78 Å². The molecule has 2 heterocycles. The minimum Gasteiger partial charge on any atom is -0.364 e. The van der Waals surface area contributed by atoms with Crippen LogP contribution < -0.4 is 4.90 Å². The molecule has 0 radical (unpaired) electrons. The van der Waals surface area contributed by atoms with Crippen LogP contribution in [-0.2, 0) is 6.42 Å². The molecule has 3 aromatic rings. The zero-order valence-electron chi connectivity index (χ0n) is 13.3. The number of rotatable bonds is 3. The van der Waals surface area contributed by atoms with Crippen molar-refractivity contribution in [3.05, 3.63) is 65.4 Å². The predicted molar refractivity (Wildman–Crippen MR) is 94.3 cm³/mol. The number of carbonyl (C=O) groups excluding carboxylic acids is 1. The third-order valence-corrected chi connectivity index (χ3v) is 4.71. The Kier molecular flexibility index (Phi) is 3.41. The molecule has 116 valence electrons. The highest BCUT2D eigenvalue weighted by molar-refractivity contribution is 6.11. The van der Waals surface area contributed by atoms with Gasteiger partial charge in [0.05, 0.1) is 6.54 Å². The summed E-state index contributed by atoms with van der Waals surface area (Å²) in [6.45, 7) is 3.38. The molecule has 3 nitrogen and oxygen atoms in total. The van der Waals surface area contributed by atoms with E-state index in [1.54, 1.807) is 0 Å². The lowest BCUT2D eigenvalue weighted by Crippen LogP contribution is -2.34. The number of nitrogens with zero attached hydrogens (tertiary/aromatic N) is 1. The standard InChI is InChI=1S/C20H20N2O/c1-14-20(16-9-3-4-10-17(16)21-14)19(23)13-22-12-6-8-15-7-2-5-11-18(15)22/h2-5,7,9-11,21H,6,8,12-13H2,1H3. The number of hydrogen-bond acceptors (Lipinski definition) is 2. The van der Waals surface area contributed by atoms with Gasteiger partial charge in [0.25, 0.3) is 0 Å². The quantitative estimate of drug-likeness (QED) is 0.739. The lowest BCUT2D eigenvalue weighted by atomic mass is 10.0. The van der Waals surface area contributed by atoms with Crippen LogP contribution in [0.1, 0.15) is 28.0 Å². The smallest absolute Gasteiger partial charge is 0.184 e. The van der Waals surface area contributed by atoms with Gasteiger partial charge in [-0.05, 0) is 37.5 Å². The minimum atomic E-state index is 0.191. The second kappa shape index (κ2) is 5.58. The lowest BCUT2D eigenvalue weighted by molar-refractivity contribution is 0.0999. The van der Waals surface area contributed by atoms with Gasteiger partial charge in [-0.15, -0.1) is 0 Å². The van der Waals surface area contributed by atoms with E-state index in [9.17, 15) is 4.79 Å². The monoisotopic (exact) mass is 304 g/mol. The second-order valence-corrected chi connectivity index (χ2v) is 6.25. The van der Waals surface area contributed by atoms with Crippen LogP contribution >= 0.6 is 0 Å². The number of nitrogens with one attached hydrogen (secondary N) is 1. The van der Waals surface area contributed by atoms with Gasteiger partial charge in [0.15, 0.2) is 5.78 Å². The maximum Gasteiger partial charge on any atom is 0.184 e.